The summed E-state index contributed by atoms with van der Waals surface area (Å²) in [5, 5.41) is 8.55. The lowest BCUT2D eigenvalue weighted by molar-refractivity contribution is -0.135. The number of ether oxygens (including phenoxy) is 1. The van der Waals surface area contributed by atoms with Crippen LogP contribution in [-0.2, 0) is 14.3 Å². The molecule has 5 nitrogen and oxygen atoms in total. The minimum Gasteiger partial charge on any atom is -0.480 e. The highest BCUT2D eigenvalue weighted by atomic mass is 16.5. The zero-order valence-electron chi connectivity index (χ0n) is 8.81. The third-order valence-electron chi connectivity index (χ3n) is 3.11. The van der Waals surface area contributed by atoms with Gasteiger partial charge in [-0.05, 0) is 12.8 Å². The first-order valence-electron chi connectivity index (χ1n) is 5.41. The van der Waals surface area contributed by atoms with Crippen molar-refractivity contribution in [2.75, 3.05) is 6.54 Å². The molecule has 0 radical (unpaired) electrons. The van der Waals surface area contributed by atoms with Crippen LogP contribution in [0, 0.1) is 11.8 Å². The van der Waals surface area contributed by atoms with Crippen LogP contribution in [0.1, 0.15) is 25.7 Å². The Hall–Kier alpha value is -1.61. The number of hydrogen-bond donors (Lipinski definition) is 1. The molecule has 2 fully saturated rings. The highest BCUT2D eigenvalue weighted by Gasteiger charge is 2.41. The fourth-order valence-electron chi connectivity index (χ4n) is 2.40. The third kappa shape index (κ3) is 1.99. The van der Waals surface area contributed by atoms with Crippen LogP contribution in [0.4, 0.5) is 0 Å². The second-order valence-corrected chi connectivity index (χ2v) is 4.11. The van der Waals surface area contributed by atoms with Crippen LogP contribution >= 0.6 is 0 Å². The second-order valence-electron chi connectivity index (χ2n) is 4.11. The quantitative estimate of drug-likeness (QED) is 0.709. The number of allylic oxidation sites excluding steroid dienone is 1. The van der Waals surface area contributed by atoms with E-state index in [9.17, 15) is 9.59 Å². The van der Waals surface area contributed by atoms with E-state index in [1.54, 1.807) is 5.94 Å². The average molecular weight is 223 g/mol. The highest BCUT2D eigenvalue weighted by molar-refractivity contribution is 5.87. The van der Waals surface area contributed by atoms with Gasteiger partial charge in [-0.3, -0.25) is 4.79 Å². The van der Waals surface area contributed by atoms with Crippen molar-refractivity contribution in [3.05, 3.63) is 5.76 Å². The monoisotopic (exact) mass is 223 g/mol. The number of fused-ring (bicyclic) bond motifs is 1. The Bertz CT molecular complexity index is 381. The molecular formula is C11H13NO4. The van der Waals surface area contributed by atoms with Crippen LogP contribution in [0.2, 0.25) is 0 Å². The van der Waals surface area contributed by atoms with Crippen LogP contribution in [0.15, 0.2) is 10.8 Å². The van der Waals surface area contributed by atoms with Crippen LogP contribution in [0.25, 0.3) is 0 Å². The first-order valence-corrected chi connectivity index (χ1v) is 5.41. The van der Waals surface area contributed by atoms with E-state index < -0.39 is 5.97 Å². The Morgan fingerprint density at radius 2 is 2.12 bits per heavy atom. The highest BCUT2D eigenvalue weighted by Crippen LogP contribution is 2.41. The minimum atomic E-state index is -0.994. The van der Waals surface area contributed by atoms with Gasteiger partial charge in [-0.2, -0.15) is 0 Å². The Balaban J connectivity index is 2.18. The molecule has 0 aromatic heterocycles. The Labute approximate surface area is 92.8 Å². The predicted molar refractivity (Wildman–Crippen MR) is 55.7 cm³/mol. The van der Waals surface area contributed by atoms with Crippen molar-refractivity contribution in [3.8, 4) is 0 Å². The van der Waals surface area contributed by atoms with Crippen molar-refractivity contribution in [2.45, 2.75) is 25.7 Å². The summed E-state index contributed by atoms with van der Waals surface area (Å²) >= 11 is 0. The van der Waals surface area contributed by atoms with E-state index >= 15 is 0 Å². The topological polar surface area (TPSA) is 76.0 Å². The van der Waals surface area contributed by atoms with Crippen LogP contribution in [0.5, 0.6) is 0 Å². The molecule has 0 amide bonds. The van der Waals surface area contributed by atoms with Crippen molar-refractivity contribution >= 4 is 17.8 Å². The first-order chi connectivity index (χ1) is 7.72. The van der Waals surface area contributed by atoms with E-state index in [2.05, 4.69) is 4.99 Å². The summed E-state index contributed by atoms with van der Waals surface area (Å²) in [5.74, 6) is 1.67. The summed E-state index contributed by atoms with van der Waals surface area (Å²) in [6.45, 7) is -0.301. The molecule has 1 aliphatic carbocycles. The van der Waals surface area contributed by atoms with Crippen molar-refractivity contribution in [3.63, 3.8) is 0 Å². The van der Waals surface area contributed by atoms with Crippen molar-refractivity contribution < 1.29 is 19.4 Å². The molecule has 2 rings (SSSR count). The molecule has 0 bridgehead atoms. The lowest BCUT2D eigenvalue weighted by Gasteiger charge is -2.20. The SMILES string of the molecule is O=C=C1OC(=NCC(=O)O)C2CCCCC12. The second kappa shape index (κ2) is 4.49. The number of hydrogen-bond acceptors (Lipinski definition) is 4. The van der Waals surface area contributed by atoms with E-state index in [4.69, 9.17) is 9.84 Å². The van der Waals surface area contributed by atoms with E-state index in [0.29, 0.717) is 11.7 Å². The summed E-state index contributed by atoms with van der Waals surface area (Å²) in [6.07, 6.45) is 3.96. The average Bonchev–Trinajstić information content (AvgIpc) is 2.65. The van der Waals surface area contributed by atoms with Crippen LogP contribution < -0.4 is 0 Å². The molecule has 2 aliphatic rings. The maximum atomic E-state index is 10.7. The number of carboxylic acid groups (broad SMARTS) is 1. The summed E-state index contributed by atoms with van der Waals surface area (Å²) in [7, 11) is 0. The maximum Gasteiger partial charge on any atom is 0.325 e. The zero-order chi connectivity index (χ0) is 11.5. The Morgan fingerprint density at radius 1 is 1.44 bits per heavy atom. The number of aliphatic imine (C=N–C) groups is 1. The van der Waals surface area contributed by atoms with Gasteiger partial charge >= 0.3 is 5.97 Å². The van der Waals surface area contributed by atoms with Crippen LogP contribution in [0.3, 0.4) is 0 Å². The molecule has 5 heteroatoms. The summed E-state index contributed by atoms with van der Waals surface area (Å²) in [5.41, 5.74) is 0. The van der Waals surface area contributed by atoms with Gasteiger partial charge in [0.15, 0.2) is 17.6 Å². The van der Waals surface area contributed by atoms with Crippen molar-refractivity contribution in [1.82, 2.24) is 0 Å². The molecule has 0 aromatic carbocycles. The number of nitrogens with zero attached hydrogens (tertiary/aromatic N) is 1. The number of carbonyl (C=O) groups excluding carboxylic acids is 1. The number of rotatable bonds is 2. The largest absolute Gasteiger partial charge is 0.480 e. The minimum absolute atomic E-state index is 0.0683. The molecule has 1 saturated heterocycles. The van der Waals surface area contributed by atoms with E-state index in [1.165, 1.54) is 0 Å². The van der Waals surface area contributed by atoms with E-state index in [1.807, 2.05) is 0 Å². The zero-order valence-corrected chi connectivity index (χ0v) is 8.81. The lowest BCUT2D eigenvalue weighted by atomic mass is 9.80. The van der Waals surface area contributed by atoms with Crippen molar-refractivity contribution in [2.24, 2.45) is 16.8 Å². The first kappa shape index (κ1) is 10.9. The van der Waals surface area contributed by atoms with Gasteiger partial charge in [0, 0.05) is 11.8 Å². The maximum absolute atomic E-state index is 10.7. The fourth-order valence-corrected chi connectivity index (χ4v) is 2.40. The van der Waals surface area contributed by atoms with Gasteiger partial charge in [0.05, 0.1) is 0 Å². The fraction of sp³-hybridized carbons (Fsp3) is 0.636. The molecule has 16 heavy (non-hydrogen) atoms. The molecule has 2 atom stereocenters. The molecule has 1 heterocycles. The lowest BCUT2D eigenvalue weighted by Crippen LogP contribution is -2.20. The number of carboxylic acids is 1. The number of aliphatic carboxylic acids is 1. The predicted octanol–water partition coefficient (Wildman–Crippen LogP) is 1.02. The Morgan fingerprint density at radius 3 is 2.75 bits per heavy atom. The molecule has 1 N–H and O–H groups in total. The Kier molecular flexibility index (Phi) is 3.06. The molecule has 0 spiro atoms. The smallest absolute Gasteiger partial charge is 0.325 e. The normalized spacial score (nSPS) is 30.8. The van der Waals surface area contributed by atoms with Gasteiger partial charge in [-0.1, -0.05) is 12.8 Å². The van der Waals surface area contributed by atoms with E-state index in [-0.39, 0.29) is 18.4 Å². The summed E-state index contributed by atoms with van der Waals surface area (Å²) in [4.78, 5) is 25.0. The molecule has 1 saturated carbocycles. The van der Waals surface area contributed by atoms with Gasteiger partial charge in [0.2, 0.25) is 0 Å². The number of carbonyl (C=O) groups is 1. The third-order valence-corrected chi connectivity index (χ3v) is 3.11. The standard InChI is InChI=1S/C11H13NO4/c13-6-9-7-3-1-2-4-8(7)11(16-9)12-5-10(14)15/h7-8H,1-5H2,(H,14,15). The van der Waals surface area contributed by atoms with Crippen molar-refractivity contribution in [1.29, 1.82) is 0 Å². The molecule has 0 aromatic rings. The van der Waals surface area contributed by atoms with Gasteiger partial charge in [-0.25, -0.2) is 9.79 Å². The molecular weight excluding hydrogens is 210 g/mol. The summed E-state index contributed by atoms with van der Waals surface area (Å²) in [6, 6.07) is 0. The van der Waals surface area contributed by atoms with Crippen LogP contribution in [-0.4, -0.2) is 29.5 Å². The molecule has 2 unspecified atom stereocenters. The molecule has 86 valence electrons. The van der Waals surface area contributed by atoms with Gasteiger partial charge in [-0.15, -0.1) is 0 Å². The molecule has 1 aliphatic heterocycles. The van der Waals surface area contributed by atoms with E-state index in [0.717, 1.165) is 25.7 Å². The van der Waals surface area contributed by atoms with Gasteiger partial charge < -0.3 is 9.84 Å². The summed E-state index contributed by atoms with van der Waals surface area (Å²) < 4.78 is 5.29. The van der Waals surface area contributed by atoms with Gasteiger partial charge in [0.1, 0.15) is 6.54 Å². The van der Waals surface area contributed by atoms with Gasteiger partial charge in [0.25, 0.3) is 0 Å².